The Morgan fingerprint density at radius 2 is 2.50 bits per heavy atom. The molecule has 3 heteroatoms. The lowest BCUT2D eigenvalue weighted by Crippen LogP contribution is -2.08. The smallest absolute Gasteiger partial charge is 0.0642 e. The lowest BCUT2D eigenvalue weighted by molar-refractivity contribution is 0.113. The summed E-state index contributed by atoms with van der Waals surface area (Å²) in [5.74, 6) is 0. The molecule has 1 nitrogen and oxygen atoms in total. The Balaban J connectivity index is 2.59. The minimum atomic E-state index is 0.371. The number of hydrogen-bond acceptors (Lipinski definition) is 1. The van der Waals surface area contributed by atoms with Crippen molar-refractivity contribution in [3.8, 4) is 0 Å². The van der Waals surface area contributed by atoms with Crippen molar-refractivity contribution in [1.29, 1.82) is 0 Å². The van der Waals surface area contributed by atoms with Crippen molar-refractivity contribution in [1.82, 2.24) is 5.12 Å². The lowest BCUT2D eigenvalue weighted by atomic mass is 10.1. The van der Waals surface area contributed by atoms with Crippen LogP contribution in [-0.2, 0) is 0 Å². The van der Waals surface area contributed by atoms with E-state index < -0.39 is 0 Å². The van der Waals surface area contributed by atoms with Gasteiger partial charge in [-0.1, -0.05) is 28.1 Å². The van der Waals surface area contributed by atoms with Crippen molar-refractivity contribution >= 4 is 15.9 Å². The van der Waals surface area contributed by atoms with Crippen LogP contribution in [0.1, 0.15) is 6.42 Å². The average molecular weight is 206 g/mol. The Morgan fingerprint density at radius 3 is 2.90 bits per heavy atom. The standard InChI is InChI=1S/C7H9BrFN/c1-10(9)7-4-2-6(8)3-5-7/h2,4-6H,3H2,1H3. The molecule has 0 bridgehead atoms. The molecule has 0 amide bonds. The fourth-order valence-corrected chi connectivity index (χ4v) is 1.15. The number of allylic oxidation sites excluding steroid dienone is 3. The Bertz CT molecular complexity index is 174. The number of rotatable bonds is 1. The minimum absolute atomic E-state index is 0.371. The van der Waals surface area contributed by atoms with Gasteiger partial charge in [-0.05, 0) is 12.5 Å². The van der Waals surface area contributed by atoms with Crippen LogP contribution in [0.15, 0.2) is 23.9 Å². The fourth-order valence-electron chi connectivity index (χ4n) is 0.811. The van der Waals surface area contributed by atoms with Gasteiger partial charge in [-0.2, -0.15) is 0 Å². The zero-order chi connectivity index (χ0) is 7.56. The van der Waals surface area contributed by atoms with E-state index in [1.54, 1.807) is 6.08 Å². The molecule has 0 aromatic carbocycles. The molecule has 0 radical (unpaired) electrons. The van der Waals surface area contributed by atoms with E-state index in [9.17, 15) is 4.48 Å². The summed E-state index contributed by atoms with van der Waals surface area (Å²) in [6.07, 6.45) is 6.42. The van der Waals surface area contributed by atoms with Gasteiger partial charge in [-0.25, -0.2) is 5.12 Å². The molecular formula is C7H9BrFN. The first kappa shape index (κ1) is 7.79. The molecule has 1 atom stereocenters. The van der Waals surface area contributed by atoms with Crippen molar-refractivity contribution in [2.75, 3.05) is 7.05 Å². The molecule has 0 N–H and O–H groups in total. The van der Waals surface area contributed by atoms with E-state index in [1.165, 1.54) is 7.05 Å². The van der Waals surface area contributed by atoms with Crippen LogP contribution in [0.2, 0.25) is 0 Å². The number of halogens is 2. The highest BCUT2D eigenvalue weighted by Crippen LogP contribution is 2.18. The predicted molar refractivity (Wildman–Crippen MR) is 43.4 cm³/mol. The molecule has 0 saturated heterocycles. The van der Waals surface area contributed by atoms with Gasteiger partial charge in [-0.3, -0.25) is 0 Å². The molecule has 1 rings (SSSR count). The van der Waals surface area contributed by atoms with Gasteiger partial charge >= 0.3 is 0 Å². The van der Waals surface area contributed by atoms with Gasteiger partial charge in [0, 0.05) is 11.9 Å². The van der Waals surface area contributed by atoms with E-state index in [4.69, 9.17) is 0 Å². The molecule has 0 aliphatic heterocycles. The highest BCUT2D eigenvalue weighted by atomic mass is 79.9. The summed E-state index contributed by atoms with van der Waals surface area (Å²) in [6.45, 7) is 0. The number of alkyl halides is 1. The highest BCUT2D eigenvalue weighted by Gasteiger charge is 2.06. The third kappa shape index (κ3) is 1.84. The molecule has 1 unspecified atom stereocenters. The third-order valence-corrected chi connectivity index (χ3v) is 2.06. The van der Waals surface area contributed by atoms with Gasteiger partial charge in [0.25, 0.3) is 0 Å². The molecule has 10 heavy (non-hydrogen) atoms. The van der Waals surface area contributed by atoms with Gasteiger partial charge < -0.3 is 0 Å². The zero-order valence-corrected chi connectivity index (χ0v) is 7.31. The van der Waals surface area contributed by atoms with Crippen molar-refractivity contribution in [2.24, 2.45) is 0 Å². The monoisotopic (exact) mass is 205 g/mol. The first-order valence-corrected chi connectivity index (χ1v) is 4.03. The van der Waals surface area contributed by atoms with Crippen molar-refractivity contribution in [2.45, 2.75) is 11.2 Å². The second kappa shape index (κ2) is 3.19. The molecule has 1 aliphatic rings. The lowest BCUT2D eigenvalue weighted by Gasteiger charge is -2.13. The average Bonchev–Trinajstić information content (AvgIpc) is 1.88. The number of hydrogen-bond donors (Lipinski definition) is 0. The highest BCUT2D eigenvalue weighted by molar-refractivity contribution is 9.09. The number of nitrogens with zero attached hydrogens (tertiary/aromatic N) is 1. The first-order valence-electron chi connectivity index (χ1n) is 3.12. The van der Waals surface area contributed by atoms with E-state index in [-0.39, 0.29) is 0 Å². The molecule has 0 saturated carbocycles. The van der Waals surface area contributed by atoms with Crippen molar-refractivity contribution in [3.05, 3.63) is 23.9 Å². The van der Waals surface area contributed by atoms with Gasteiger partial charge in [-0.15, -0.1) is 4.48 Å². The van der Waals surface area contributed by atoms with Crippen molar-refractivity contribution in [3.63, 3.8) is 0 Å². The summed E-state index contributed by atoms with van der Waals surface area (Å²) in [7, 11) is 1.39. The second-order valence-electron chi connectivity index (χ2n) is 2.22. The SMILES string of the molecule is CN(F)C1=CCC(Br)C=C1. The van der Waals surface area contributed by atoms with E-state index >= 15 is 0 Å². The summed E-state index contributed by atoms with van der Waals surface area (Å²) >= 11 is 3.39. The van der Waals surface area contributed by atoms with Crippen molar-refractivity contribution < 1.29 is 4.48 Å². The van der Waals surface area contributed by atoms with E-state index in [0.717, 1.165) is 6.42 Å². The Kier molecular flexibility index (Phi) is 2.49. The first-order chi connectivity index (χ1) is 4.70. The molecule has 0 aromatic heterocycles. The van der Waals surface area contributed by atoms with Crippen LogP contribution >= 0.6 is 15.9 Å². The largest absolute Gasteiger partial charge is 0.215 e. The Morgan fingerprint density at radius 1 is 1.80 bits per heavy atom. The second-order valence-corrected chi connectivity index (χ2v) is 3.39. The molecule has 0 heterocycles. The Hall–Kier alpha value is -0.310. The van der Waals surface area contributed by atoms with Gasteiger partial charge in [0.15, 0.2) is 0 Å². The van der Waals surface area contributed by atoms with Crippen LogP contribution in [0, 0.1) is 0 Å². The van der Waals surface area contributed by atoms with E-state index in [1.807, 2.05) is 12.2 Å². The molecule has 0 spiro atoms. The van der Waals surface area contributed by atoms with Crippen LogP contribution in [0.25, 0.3) is 0 Å². The van der Waals surface area contributed by atoms with Crippen LogP contribution in [0.4, 0.5) is 4.48 Å². The molecule has 0 aromatic rings. The maximum Gasteiger partial charge on any atom is 0.0642 e. The summed E-state index contributed by atoms with van der Waals surface area (Å²) in [4.78, 5) is 0.371. The summed E-state index contributed by atoms with van der Waals surface area (Å²) in [5, 5.41) is 0.620. The summed E-state index contributed by atoms with van der Waals surface area (Å²) < 4.78 is 12.4. The number of likely N-dealkylation sites (N-methyl/N-ethyl adjacent to an activating group) is 1. The topological polar surface area (TPSA) is 3.24 Å². The fraction of sp³-hybridized carbons (Fsp3) is 0.429. The van der Waals surface area contributed by atoms with Crippen LogP contribution in [0.3, 0.4) is 0 Å². The maximum atomic E-state index is 12.4. The Labute approximate surface area is 68.3 Å². The third-order valence-electron chi connectivity index (χ3n) is 1.38. The summed E-state index contributed by atoms with van der Waals surface area (Å²) in [5.41, 5.74) is 0.635. The molecule has 56 valence electrons. The predicted octanol–water partition coefficient (Wildman–Crippen LogP) is 2.41. The summed E-state index contributed by atoms with van der Waals surface area (Å²) in [6, 6.07) is 0. The quantitative estimate of drug-likeness (QED) is 0.470. The van der Waals surface area contributed by atoms with Gasteiger partial charge in [0.1, 0.15) is 0 Å². The molecular weight excluding hydrogens is 197 g/mol. The zero-order valence-electron chi connectivity index (χ0n) is 5.72. The van der Waals surface area contributed by atoms with Crippen LogP contribution < -0.4 is 0 Å². The molecule has 1 aliphatic carbocycles. The van der Waals surface area contributed by atoms with Crippen LogP contribution in [-0.4, -0.2) is 17.0 Å². The molecule has 0 fully saturated rings. The maximum absolute atomic E-state index is 12.4. The van der Waals surface area contributed by atoms with E-state index in [2.05, 4.69) is 15.9 Å². The normalized spacial score (nSPS) is 24.3. The van der Waals surface area contributed by atoms with Gasteiger partial charge in [0.05, 0.1) is 5.70 Å². The van der Waals surface area contributed by atoms with E-state index in [0.29, 0.717) is 15.6 Å². The van der Waals surface area contributed by atoms with Crippen LogP contribution in [0.5, 0.6) is 0 Å². The minimum Gasteiger partial charge on any atom is -0.215 e. The van der Waals surface area contributed by atoms with Gasteiger partial charge in [0.2, 0.25) is 0 Å².